The minimum atomic E-state index is -5.18. The molecule has 1 aliphatic carbocycles. The molecule has 0 heterocycles. The summed E-state index contributed by atoms with van der Waals surface area (Å²) in [7, 11) is -5.18. The first kappa shape index (κ1) is 58.7. The third-order valence-corrected chi connectivity index (χ3v) is 11.0. The Labute approximate surface area is 382 Å². The molecule has 1 saturated carbocycles. The lowest BCUT2D eigenvalue weighted by molar-refractivity contribution is -0.220. The Bertz CT molecular complexity index is 1500. The fourth-order valence-corrected chi connectivity index (χ4v) is 7.23. The summed E-state index contributed by atoms with van der Waals surface area (Å²) in [6.45, 7) is 2.95. The van der Waals surface area contributed by atoms with Crippen LogP contribution >= 0.6 is 7.82 Å². The molecular weight excluding hydrogens is 843 g/mol. The number of ether oxygens (including phenoxy) is 2. The summed E-state index contributed by atoms with van der Waals surface area (Å²) in [6.07, 6.45) is 33.3. The van der Waals surface area contributed by atoms with Crippen molar-refractivity contribution < 1.29 is 68.2 Å². The van der Waals surface area contributed by atoms with Crippen molar-refractivity contribution in [3.05, 3.63) is 97.2 Å². The molecule has 14 nitrogen and oxygen atoms in total. The molecule has 7 N–H and O–H groups in total. The molecule has 1 aliphatic rings. The maximum atomic E-state index is 12.8. The zero-order valence-electron chi connectivity index (χ0n) is 38.1. The largest absolute Gasteiger partial charge is 0.472 e. The Balaban J connectivity index is 2.58. The molecule has 0 aliphatic heterocycles. The Kier molecular flexibility index (Phi) is 34.8. The molecule has 0 bridgehead atoms. The van der Waals surface area contributed by atoms with E-state index in [0.29, 0.717) is 6.42 Å². The lowest BCUT2D eigenvalue weighted by atomic mass is 9.85. The van der Waals surface area contributed by atoms with Crippen LogP contribution in [0.1, 0.15) is 136 Å². The second-order valence-electron chi connectivity index (χ2n) is 15.7. The van der Waals surface area contributed by atoms with Crippen molar-refractivity contribution in [1.82, 2.24) is 0 Å². The summed E-state index contributed by atoms with van der Waals surface area (Å²) in [5, 5.41) is 60.5. The highest BCUT2D eigenvalue weighted by molar-refractivity contribution is 7.47. The number of hydrogen-bond acceptors (Lipinski definition) is 13. The van der Waals surface area contributed by atoms with Gasteiger partial charge in [0.2, 0.25) is 0 Å². The number of allylic oxidation sites excluding steroid dienone is 15. The Morgan fingerprint density at radius 1 is 0.578 bits per heavy atom. The maximum absolute atomic E-state index is 12.8. The van der Waals surface area contributed by atoms with Crippen LogP contribution < -0.4 is 0 Å². The third-order valence-electron chi connectivity index (χ3n) is 10.0. The van der Waals surface area contributed by atoms with Crippen LogP contribution in [0.15, 0.2) is 97.2 Å². The lowest BCUT2D eigenvalue weighted by Crippen LogP contribution is -2.64. The topological polar surface area (TPSA) is 230 Å². The molecule has 3 unspecified atom stereocenters. The standard InChI is InChI=1S/C49H79O14P/c1-3-5-7-9-11-13-15-17-18-19-20-22-24-26-28-30-32-36-43(52)62-41(39-61-64(58,59)63-49-47(56)45(54)44(53)46(55)48(49)57)38-60-42(51)37-33-35-40(50)34-31-29-27-25-23-21-16-14-12-10-8-6-4-2/h5,7,11-14,17-18,20-23,27,29,31,34,40-41,44-50,53-57H,3-4,6,8-10,15-16,19,24-26,28,30,32-33,35-39H2,1-2H3,(H,58,59)/b7-5-,13-11-,14-12-,18-17-,22-20-,23-21-,29-27-,34-31+/t40-,41-,44?,45-,46+,47-,48-,49?/m1/s1. The summed E-state index contributed by atoms with van der Waals surface area (Å²) in [6, 6.07) is 0. The van der Waals surface area contributed by atoms with E-state index in [9.17, 15) is 49.7 Å². The minimum absolute atomic E-state index is 0.0222. The van der Waals surface area contributed by atoms with Gasteiger partial charge >= 0.3 is 19.8 Å². The number of phosphoric acid groups is 1. The van der Waals surface area contributed by atoms with E-state index in [1.807, 2.05) is 12.2 Å². The van der Waals surface area contributed by atoms with Gasteiger partial charge in [-0.1, -0.05) is 137 Å². The monoisotopic (exact) mass is 923 g/mol. The number of hydrogen-bond donors (Lipinski definition) is 7. The van der Waals surface area contributed by atoms with E-state index in [4.69, 9.17) is 18.5 Å². The van der Waals surface area contributed by atoms with E-state index >= 15 is 0 Å². The van der Waals surface area contributed by atoms with E-state index < -0.39 is 81.8 Å². The van der Waals surface area contributed by atoms with Crippen molar-refractivity contribution in [2.45, 2.75) is 185 Å². The SMILES string of the molecule is CC/C=C\C/C=C\C/C=C\C/C=C\CCCCCCC(=O)O[C@H](COC(=O)CCC[C@H](O)/C=C/C=C\C/C=C\C/C=C\CCCCC)COP(=O)(O)OC1[C@H](O)[C@H](O)C(O)[C@H](O)[C@H]1O. The van der Waals surface area contributed by atoms with Crippen LogP contribution in [-0.4, -0.2) is 110 Å². The summed E-state index contributed by atoms with van der Waals surface area (Å²) in [5.74, 6) is -1.34. The van der Waals surface area contributed by atoms with Crippen molar-refractivity contribution in [2.75, 3.05) is 13.2 Å². The fourth-order valence-electron chi connectivity index (χ4n) is 6.26. The van der Waals surface area contributed by atoms with Crippen molar-refractivity contribution in [3.8, 4) is 0 Å². The zero-order chi connectivity index (χ0) is 47.3. The molecule has 0 aromatic carbocycles. The van der Waals surface area contributed by atoms with Crippen molar-refractivity contribution >= 4 is 19.8 Å². The number of rotatable bonds is 36. The van der Waals surface area contributed by atoms with Crippen molar-refractivity contribution in [2.24, 2.45) is 0 Å². The van der Waals surface area contributed by atoms with E-state index in [1.165, 1.54) is 19.3 Å². The van der Waals surface area contributed by atoms with Crippen LogP contribution in [0.4, 0.5) is 0 Å². The van der Waals surface area contributed by atoms with Crippen molar-refractivity contribution in [1.29, 1.82) is 0 Å². The maximum Gasteiger partial charge on any atom is 0.472 e. The molecule has 0 aromatic heterocycles. The molecule has 0 saturated heterocycles. The summed E-state index contributed by atoms with van der Waals surface area (Å²) in [5.41, 5.74) is 0. The molecule has 0 amide bonds. The quantitative estimate of drug-likeness (QED) is 0.0104. The van der Waals surface area contributed by atoms with Crippen LogP contribution in [-0.2, 0) is 32.7 Å². The Morgan fingerprint density at radius 2 is 1.08 bits per heavy atom. The normalized spacial score (nSPS) is 23.0. The second-order valence-corrected chi connectivity index (χ2v) is 17.1. The highest BCUT2D eigenvalue weighted by Gasteiger charge is 2.51. The number of unbranched alkanes of at least 4 members (excludes halogenated alkanes) is 7. The van der Waals surface area contributed by atoms with E-state index in [-0.39, 0.29) is 25.7 Å². The molecule has 0 radical (unpaired) electrons. The molecule has 15 heteroatoms. The van der Waals surface area contributed by atoms with Gasteiger partial charge < -0.3 is 45.0 Å². The predicted octanol–water partition coefficient (Wildman–Crippen LogP) is 8.02. The average molecular weight is 923 g/mol. The smallest absolute Gasteiger partial charge is 0.462 e. The van der Waals surface area contributed by atoms with Gasteiger partial charge in [0.1, 0.15) is 43.2 Å². The molecule has 0 aromatic rings. The van der Waals surface area contributed by atoms with E-state index in [0.717, 1.165) is 70.6 Å². The zero-order valence-corrected chi connectivity index (χ0v) is 39.0. The number of phosphoric ester groups is 1. The average Bonchev–Trinajstić information content (AvgIpc) is 3.27. The van der Waals surface area contributed by atoms with Crippen LogP contribution in [0.25, 0.3) is 0 Å². The highest BCUT2D eigenvalue weighted by atomic mass is 31.2. The van der Waals surface area contributed by atoms with Crippen LogP contribution in [0.2, 0.25) is 0 Å². The van der Waals surface area contributed by atoms with Gasteiger partial charge in [-0.05, 0) is 83.5 Å². The van der Waals surface area contributed by atoms with Gasteiger partial charge in [0, 0.05) is 12.8 Å². The van der Waals surface area contributed by atoms with E-state index in [2.05, 4.69) is 86.8 Å². The highest BCUT2D eigenvalue weighted by Crippen LogP contribution is 2.47. The molecule has 9 atom stereocenters. The van der Waals surface area contributed by atoms with Gasteiger partial charge in [-0.2, -0.15) is 0 Å². The molecule has 364 valence electrons. The predicted molar refractivity (Wildman–Crippen MR) is 250 cm³/mol. The number of aliphatic hydroxyl groups excluding tert-OH is 6. The molecule has 1 fully saturated rings. The molecular formula is C49H79O14P. The van der Waals surface area contributed by atoms with Gasteiger partial charge in [-0.3, -0.25) is 18.6 Å². The molecule has 0 spiro atoms. The Hall–Kier alpha value is -3.27. The summed E-state index contributed by atoms with van der Waals surface area (Å²) in [4.78, 5) is 35.7. The van der Waals surface area contributed by atoms with E-state index in [1.54, 1.807) is 12.2 Å². The van der Waals surface area contributed by atoms with Crippen LogP contribution in [0.5, 0.6) is 0 Å². The number of carbonyl (C=O) groups is 2. The van der Waals surface area contributed by atoms with Crippen molar-refractivity contribution in [3.63, 3.8) is 0 Å². The number of carbonyl (C=O) groups excluding carboxylic acids is 2. The first-order valence-corrected chi connectivity index (χ1v) is 24.6. The Morgan fingerprint density at radius 3 is 1.66 bits per heavy atom. The van der Waals surface area contributed by atoms with Gasteiger partial charge in [0.15, 0.2) is 6.10 Å². The number of aliphatic hydroxyl groups is 6. The molecule has 64 heavy (non-hydrogen) atoms. The van der Waals surface area contributed by atoms with Gasteiger partial charge in [0.05, 0.1) is 12.7 Å². The summed E-state index contributed by atoms with van der Waals surface area (Å²) >= 11 is 0. The first-order chi connectivity index (χ1) is 30.8. The van der Waals surface area contributed by atoms with Gasteiger partial charge in [-0.25, -0.2) is 4.57 Å². The van der Waals surface area contributed by atoms with Gasteiger partial charge in [0.25, 0.3) is 0 Å². The number of esters is 2. The third kappa shape index (κ3) is 30.0. The van der Waals surface area contributed by atoms with Crippen LogP contribution in [0.3, 0.4) is 0 Å². The lowest BCUT2D eigenvalue weighted by Gasteiger charge is -2.41. The second kappa shape index (κ2) is 37.9. The molecule has 1 rings (SSSR count). The minimum Gasteiger partial charge on any atom is -0.462 e. The van der Waals surface area contributed by atoms with Crippen LogP contribution in [0, 0.1) is 0 Å². The fraction of sp³-hybridized carbons (Fsp3) is 0.633. The summed E-state index contributed by atoms with van der Waals surface area (Å²) < 4.78 is 33.4. The van der Waals surface area contributed by atoms with Gasteiger partial charge in [-0.15, -0.1) is 0 Å². The first-order valence-electron chi connectivity index (χ1n) is 23.1.